The zero-order valence-electron chi connectivity index (χ0n) is 10.9. The van der Waals surface area contributed by atoms with E-state index in [1.54, 1.807) is 0 Å². The predicted molar refractivity (Wildman–Crippen MR) is 64.0 cm³/mol. The van der Waals surface area contributed by atoms with Crippen molar-refractivity contribution in [2.24, 2.45) is 0 Å². The molecule has 4 atom stereocenters. The summed E-state index contributed by atoms with van der Waals surface area (Å²) in [5.74, 6) is -1.44. The molecule has 3 fully saturated rings. The standard InChI is InChI=1S/C12H16N2O6/c1-6-3-4-19-11(6)8(16)14-12(9(17)13-11)7(15)10(2,18)5-20-12/h7,15,18H,1,3-5H2,2H3,(H,13,17)(H,14,16)/t7-,10-,11?,12?/m0/s1. The van der Waals surface area contributed by atoms with Gasteiger partial charge in [-0.1, -0.05) is 6.58 Å². The fraction of sp³-hybridized carbons (Fsp3) is 0.667. The molecule has 3 aliphatic rings. The lowest BCUT2D eigenvalue weighted by atomic mass is 9.90. The molecule has 0 aromatic heterocycles. The average molecular weight is 284 g/mol. The van der Waals surface area contributed by atoms with Crippen molar-refractivity contribution in [2.45, 2.75) is 36.5 Å². The molecule has 3 rings (SSSR count). The molecule has 3 aliphatic heterocycles. The first-order chi connectivity index (χ1) is 9.25. The quantitative estimate of drug-likeness (QED) is 0.373. The number of hydrogen-bond acceptors (Lipinski definition) is 6. The molecule has 0 aliphatic carbocycles. The largest absolute Gasteiger partial charge is 0.385 e. The SMILES string of the molecule is C=C1CCOC12NC(=O)C1(NC2=O)OC[C@](C)(O)[C@@H]1O. The van der Waals surface area contributed by atoms with Crippen LogP contribution < -0.4 is 10.6 Å². The smallest absolute Gasteiger partial charge is 0.280 e. The minimum atomic E-state index is -2.00. The fourth-order valence-corrected chi connectivity index (χ4v) is 2.73. The van der Waals surface area contributed by atoms with Crippen LogP contribution in [0, 0.1) is 0 Å². The monoisotopic (exact) mass is 284 g/mol. The Balaban J connectivity index is 1.95. The van der Waals surface area contributed by atoms with Crippen LogP contribution in [-0.4, -0.2) is 58.4 Å². The maximum absolute atomic E-state index is 12.3. The van der Waals surface area contributed by atoms with Crippen molar-refractivity contribution in [2.75, 3.05) is 13.2 Å². The van der Waals surface area contributed by atoms with Crippen LogP contribution in [0.4, 0.5) is 0 Å². The minimum Gasteiger partial charge on any atom is -0.385 e. The maximum Gasteiger partial charge on any atom is 0.280 e. The molecular formula is C12H16N2O6. The summed E-state index contributed by atoms with van der Waals surface area (Å²) in [6, 6.07) is 0. The van der Waals surface area contributed by atoms with Crippen molar-refractivity contribution >= 4 is 11.8 Å². The highest BCUT2D eigenvalue weighted by Crippen LogP contribution is 2.38. The first kappa shape index (κ1) is 13.5. The van der Waals surface area contributed by atoms with Crippen LogP contribution in [-0.2, 0) is 19.1 Å². The summed E-state index contributed by atoms with van der Waals surface area (Å²) in [7, 11) is 0. The van der Waals surface area contributed by atoms with E-state index in [9.17, 15) is 19.8 Å². The maximum atomic E-state index is 12.3. The van der Waals surface area contributed by atoms with E-state index >= 15 is 0 Å². The van der Waals surface area contributed by atoms with Crippen LogP contribution >= 0.6 is 0 Å². The van der Waals surface area contributed by atoms with Gasteiger partial charge in [0.1, 0.15) is 11.7 Å². The Hall–Kier alpha value is -1.48. The number of aliphatic hydroxyl groups excluding tert-OH is 1. The Kier molecular flexibility index (Phi) is 2.56. The number of nitrogens with one attached hydrogen (secondary N) is 2. The summed E-state index contributed by atoms with van der Waals surface area (Å²) in [6.45, 7) is 5.03. The van der Waals surface area contributed by atoms with Gasteiger partial charge in [-0.05, 0) is 18.9 Å². The van der Waals surface area contributed by atoms with Crippen LogP contribution in [0.25, 0.3) is 0 Å². The number of rotatable bonds is 0. The predicted octanol–water partition coefficient (Wildman–Crippen LogP) is -2.26. The normalized spacial score (nSPS) is 48.0. The molecule has 110 valence electrons. The van der Waals surface area contributed by atoms with Gasteiger partial charge in [0, 0.05) is 0 Å². The average Bonchev–Trinajstić information content (AvgIpc) is 2.83. The highest BCUT2D eigenvalue weighted by Gasteiger charge is 2.67. The third kappa shape index (κ3) is 1.44. The van der Waals surface area contributed by atoms with E-state index in [4.69, 9.17) is 9.47 Å². The molecule has 3 heterocycles. The number of hydrogen-bond donors (Lipinski definition) is 4. The van der Waals surface area contributed by atoms with Crippen molar-refractivity contribution in [3.63, 3.8) is 0 Å². The summed E-state index contributed by atoms with van der Waals surface area (Å²) >= 11 is 0. The second-order valence-corrected chi connectivity index (χ2v) is 5.58. The van der Waals surface area contributed by atoms with Crippen LogP contribution in [0.15, 0.2) is 12.2 Å². The van der Waals surface area contributed by atoms with E-state index in [0.717, 1.165) is 0 Å². The molecule has 0 saturated carbocycles. The molecule has 3 saturated heterocycles. The Labute approximate surface area is 114 Å². The Morgan fingerprint density at radius 2 is 2.00 bits per heavy atom. The van der Waals surface area contributed by atoms with E-state index in [1.165, 1.54) is 6.92 Å². The molecular weight excluding hydrogens is 268 g/mol. The zero-order chi connectivity index (χ0) is 14.8. The van der Waals surface area contributed by atoms with Gasteiger partial charge in [0.25, 0.3) is 17.5 Å². The first-order valence-corrected chi connectivity index (χ1v) is 6.26. The molecule has 2 unspecified atom stereocenters. The van der Waals surface area contributed by atoms with Crippen molar-refractivity contribution in [1.82, 2.24) is 10.6 Å². The van der Waals surface area contributed by atoms with E-state index in [-0.39, 0.29) is 13.2 Å². The summed E-state index contributed by atoms with van der Waals surface area (Å²) in [4.78, 5) is 24.6. The lowest BCUT2D eigenvalue weighted by molar-refractivity contribution is -0.186. The van der Waals surface area contributed by atoms with Crippen molar-refractivity contribution in [1.29, 1.82) is 0 Å². The topological polar surface area (TPSA) is 117 Å². The van der Waals surface area contributed by atoms with Gasteiger partial charge in [0.15, 0.2) is 0 Å². The van der Waals surface area contributed by atoms with Gasteiger partial charge >= 0.3 is 0 Å². The van der Waals surface area contributed by atoms with Crippen molar-refractivity contribution in [3.05, 3.63) is 12.2 Å². The number of ether oxygens (including phenoxy) is 2. The number of carbonyl (C=O) groups excluding carboxylic acids is 2. The molecule has 0 aromatic rings. The molecule has 20 heavy (non-hydrogen) atoms. The van der Waals surface area contributed by atoms with Crippen LogP contribution in [0.5, 0.6) is 0 Å². The lowest BCUT2D eigenvalue weighted by Gasteiger charge is -2.43. The lowest BCUT2D eigenvalue weighted by Crippen LogP contribution is -2.78. The van der Waals surface area contributed by atoms with E-state index < -0.39 is 35.0 Å². The van der Waals surface area contributed by atoms with Gasteiger partial charge in [0.2, 0.25) is 5.72 Å². The molecule has 0 radical (unpaired) electrons. The van der Waals surface area contributed by atoms with Crippen molar-refractivity contribution < 1.29 is 29.3 Å². The van der Waals surface area contributed by atoms with Gasteiger partial charge in [-0.25, -0.2) is 0 Å². The molecule has 8 heteroatoms. The zero-order valence-corrected chi connectivity index (χ0v) is 10.9. The molecule has 0 bridgehead atoms. The van der Waals surface area contributed by atoms with E-state index in [0.29, 0.717) is 12.0 Å². The van der Waals surface area contributed by atoms with Gasteiger partial charge in [-0.3, -0.25) is 9.59 Å². The number of piperazine rings is 1. The minimum absolute atomic E-state index is 0.265. The van der Waals surface area contributed by atoms with Crippen molar-refractivity contribution in [3.8, 4) is 0 Å². The highest BCUT2D eigenvalue weighted by molar-refractivity contribution is 6.03. The van der Waals surface area contributed by atoms with Gasteiger partial charge in [-0.15, -0.1) is 0 Å². The third-order valence-electron chi connectivity index (χ3n) is 4.03. The second-order valence-electron chi connectivity index (χ2n) is 5.58. The number of carbonyl (C=O) groups is 2. The molecule has 2 amide bonds. The van der Waals surface area contributed by atoms with Gasteiger partial charge in [-0.2, -0.15) is 0 Å². The van der Waals surface area contributed by atoms with Crippen LogP contribution in [0.3, 0.4) is 0 Å². The molecule has 2 spiro atoms. The molecule has 0 aromatic carbocycles. The number of aliphatic hydroxyl groups is 2. The van der Waals surface area contributed by atoms with Gasteiger partial charge < -0.3 is 30.3 Å². The Morgan fingerprint density at radius 3 is 2.50 bits per heavy atom. The fourth-order valence-electron chi connectivity index (χ4n) is 2.73. The highest BCUT2D eigenvalue weighted by atomic mass is 16.6. The number of amides is 2. The van der Waals surface area contributed by atoms with Crippen LogP contribution in [0.2, 0.25) is 0 Å². The van der Waals surface area contributed by atoms with Crippen LogP contribution in [0.1, 0.15) is 13.3 Å². The summed E-state index contributed by atoms with van der Waals surface area (Å²) in [6.07, 6.45) is -1.15. The van der Waals surface area contributed by atoms with Gasteiger partial charge in [0.05, 0.1) is 13.2 Å². The van der Waals surface area contributed by atoms with E-state index in [1.807, 2.05) is 0 Å². The Morgan fingerprint density at radius 1 is 1.30 bits per heavy atom. The second kappa shape index (κ2) is 3.79. The summed E-state index contributed by atoms with van der Waals surface area (Å²) in [5.41, 5.74) is -4.82. The van der Waals surface area contributed by atoms with E-state index in [2.05, 4.69) is 17.2 Å². The molecule has 4 N–H and O–H groups in total. The first-order valence-electron chi connectivity index (χ1n) is 6.26. The summed E-state index contributed by atoms with van der Waals surface area (Å²) < 4.78 is 10.5. The molecule has 8 nitrogen and oxygen atoms in total. The summed E-state index contributed by atoms with van der Waals surface area (Å²) in [5, 5.41) is 24.8. The Bertz CT molecular complexity index is 518. The third-order valence-corrected chi connectivity index (χ3v) is 4.03.